The van der Waals surface area contributed by atoms with Gasteiger partial charge in [-0.05, 0) is 32.0 Å². The summed E-state index contributed by atoms with van der Waals surface area (Å²) < 4.78 is 3.36. The Hall–Kier alpha value is -3.81. The largest absolute Gasteiger partial charge is 0.348 e. The highest BCUT2D eigenvalue weighted by Gasteiger charge is 2.19. The second-order valence-corrected chi connectivity index (χ2v) is 6.30. The number of aryl methyl sites for hydroxylation is 1. The number of amides is 1. The molecule has 0 aliphatic heterocycles. The van der Waals surface area contributed by atoms with E-state index in [1.165, 1.54) is 6.33 Å². The molecule has 0 atom stereocenters. The van der Waals surface area contributed by atoms with E-state index in [1.807, 2.05) is 56.3 Å². The number of carbonyl (C=O) groups excluding carboxylic acids is 1. The molecular weight excluding hydrogens is 354 g/mol. The van der Waals surface area contributed by atoms with E-state index in [2.05, 4.69) is 25.5 Å². The van der Waals surface area contributed by atoms with Crippen molar-refractivity contribution in [3.63, 3.8) is 0 Å². The zero-order valence-corrected chi connectivity index (χ0v) is 15.6. The van der Waals surface area contributed by atoms with Crippen molar-refractivity contribution in [1.29, 1.82) is 0 Å². The molecule has 0 fully saturated rings. The van der Waals surface area contributed by atoms with Crippen LogP contribution in [0.1, 0.15) is 27.3 Å². The molecule has 0 saturated heterocycles. The van der Waals surface area contributed by atoms with Gasteiger partial charge in [-0.2, -0.15) is 10.2 Å². The fraction of sp³-hybridized carbons (Fsp3) is 0.150. The predicted octanol–water partition coefficient (Wildman–Crippen LogP) is 2.39. The third-order valence-electron chi connectivity index (χ3n) is 4.46. The molecule has 1 N–H and O–H groups in total. The lowest BCUT2D eigenvalue weighted by atomic mass is 10.1. The van der Waals surface area contributed by atoms with E-state index in [4.69, 9.17) is 0 Å². The number of nitrogens with one attached hydrogen (secondary N) is 1. The number of hydrogen-bond donors (Lipinski definition) is 1. The van der Waals surface area contributed by atoms with Crippen molar-refractivity contribution in [3.05, 3.63) is 83.8 Å². The van der Waals surface area contributed by atoms with Crippen molar-refractivity contribution in [3.8, 4) is 11.5 Å². The quantitative estimate of drug-likeness (QED) is 0.580. The number of carbonyl (C=O) groups is 1. The number of aromatic nitrogens is 6. The topological polar surface area (TPSA) is 90.5 Å². The molecule has 3 heterocycles. The lowest BCUT2D eigenvalue weighted by Crippen LogP contribution is -2.25. The zero-order valence-electron chi connectivity index (χ0n) is 15.6. The molecule has 0 aliphatic rings. The first-order chi connectivity index (χ1) is 13.6. The maximum atomic E-state index is 12.9. The van der Waals surface area contributed by atoms with E-state index in [0.717, 1.165) is 16.9 Å². The standard InChI is InChI=1S/C20H19N7O/c1-14-18(15(2)27(25-14)17-8-4-3-5-9-17)20(28)23-11-16-7-6-10-22-19(16)26-13-21-12-24-26/h3-10,12-13H,11H2,1-2H3,(H,23,28). The van der Waals surface area contributed by atoms with Crippen LogP contribution in [0.4, 0.5) is 0 Å². The van der Waals surface area contributed by atoms with Gasteiger partial charge < -0.3 is 5.32 Å². The highest BCUT2D eigenvalue weighted by atomic mass is 16.1. The summed E-state index contributed by atoms with van der Waals surface area (Å²) in [6.07, 6.45) is 4.70. The van der Waals surface area contributed by atoms with Crippen LogP contribution in [0.25, 0.3) is 11.5 Å². The lowest BCUT2D eigenvalue weighted by Gasteiger charge is -2.10. The lowest BCUT2D eigenvalue weighted by molar-refractivity contribution is 0.0949. The molecule has 140 valence electrons. The molecule has 4 aromatic rings. The fourth-order valence-corrected chi connectivity index (χ4v) is 3.15. The predicted molar refractivity (Wildman–Crippen MR) is 103 cm³/mol. The summed E-state index contributed by atoms with van der Waals surface area (Å²) >= 11 is 0. The first-order valence-electron chi connectivity index (χ1n) is 8.84. The summed E-state index contributed by atoms with van der Waals surface area (Å²) in [4.78, 5) is 21.2. The molecule has 0 bridgehead atoms. The van der Waals surface area contributed by atoms with Gasteiger partial charge in [-0.25, -0.2) is 19.3 Å². The van der Waals surface area contributed by atoms with E-state index in [9.17, 15) is 4.79 Å². The summed E-state index contributed by atoms with van der Waals surface area (Å²) in [6.45, 7) is 4.05. The molecular formula is C20H19N7O. The van der Waals surface area contributed by atoms with Crippen LogP contribution in [0.5, 0.6) is 0 Å². The molecule has 1 aromatic carbocycles. The molecule has 0 saturated carbocycles. The van der Waals surface area contributed by atoms with Crippen molar-refractivity contribution >= 4 is 5.91 Å². The summed E-state index contributed by atoms with van der Waals surface area (Å²) in [5.41, 5.74) is 3.82. The van der Waals surface area contributed by atoms with Gasteiger partial charge in [0.2, 0.25) is 0 Å². The third kappa shape index (κ3) is 3.27. The Morgan fingerprint density at radius 3 is 2.68 bits per heavy atom. The van der Waals surface area contributed by atoms with Gasteiger partial charge in [0.1, 0.15) is 12.7 Å². The van der Waals surface area contributed by atoms with Crippen LogP contribution in [-0.4, -0.2) is 35.4 Å². The van der Waals surface area contributed by atoms with Gasteiger partial charge in [0.25, 0.3) is 5.91 Å². The Kier molecular flexibility index (Phi) is 4.67. The number of rotatable bonds is 5. The van der Waals surface area contributed by atoms with Gasteiger partial charge >= 0.3 is 0 Å². The second-order valence-electron chi connectivity index (χ2n) is 6.30. The van der Waals surface area contributed by atoms with E-state index in [1.54, 1.807) is 21.9 Å². The van der Waals surface area contributed by atoms with Crippen molar-refractivity contribution in [2.24, 2.45) is 0 Å². The minimum Gasteiger partial charge on any atom is -0.348 e. The average molecular weight is 373 g/mol. The second kappa shape index (κ2) is 7.43. The van der Waals surface area contributed by atoms with E-state index in [-0.39, 0.29) is 5.91 Å². The minimum atomic E-state index is -0.175. The van der Waals surface area contributed by atoms with Crippen LogP contribution in [0, 0.1) is 13.8 Å². The first-order valence-corrected chi connectivity index (χ1v) is 8.84. The first kappa shape index (κ1) is 17.6. The Morgan fingerprint density at radius 1 is 1.11 bits per heavy atom. The van der Waals surface area contributed by atoms with Crippen LogP contribution in [-0.2, 0) is 6.54 Å². The number of nitrogens with zero attached hydrogens (tertiary/aromatic N) is 6. The van der Waals surface area contributed by atoms with Crippen LogP contribution < -0.4 is 5.32 Å². The SMILES string of the molecule is Cc1nn(-c2ccccc2)c(C)c1C(=O)NCc1cccnc1-n1cncn1. The molecule has 0 radical (unpaired) electrons. The zero-order chi connectivity index (χ0) is 19.5. The van der Waals surface area contributed by atoms with Gasteiger partial charge in [0.15, 0.2) is 5.82 Å². The molecule has 4 rings (SSSR count). The molecule has 8 heteroatoms. The summed E-state index contributed by atoms with van der Waals surface area (Å²) in [5.74, 6) is 0.458. The highest BCUT2D eigenvalue weighted by molar-refractivity contribution is 5.96. The van der Waals surface area contributed by atoms with Crippen molar-refractivity contribution < 1.29 is 4.79 Å². The molecule has 3 aromatic heterocycles. The summed E-state index contributed by atoms with van der Waals surface area (Å²) in [5, 5.41) is 11.6. The molecule has 0 aliphatic carbocycles. The monoisotopic (exact) mass is 373 g/mol. The molecule has 8 nitrogen and oxygen atoms in total. The smallest absolute Gasteiger partial charge is 0.255 e. The Bertz CT molecular complexity index is 1100. The maximum Gasteiger partial charge on any atom is 0.255 e. The van der Waals surface area contributed by atoms with Crippen molar-refractivity contribution in [2.45, 2.75) is 20.4 Å². The van der Waals surface area contributed by atoms with Gasteiger partial charge in [-0.3, -0.25) is 4.79 Å². The average Bonchev–Trinajstić information content (AvgIpc) is 3.35. The summed E-state index contributed by atoms with van der Waals surface area (Å²) in [7, 11) is 0. The number of pyridine rings is 1. The highest BCUT2D eigenvalue weighted by Crippen LogP contribution is 2.18. The fourth-order valence-electron chi connectivity index (χ4n) is 3.15. The van der Waals surface area contributed by atoms with Gasteiger partial charge in [0.05, 0.1) is 22.6 Å². The molecule has 28 heavy (non-hydrogen) atoms. The third-order valence-corrected chi connectivity index (χ3v) is 4.46. The van der Waals surface area contributed by atoms with Crippen molar-refractivity contribution in [2.75, 3.05) is 0 Å². The number of para-hydroxylation sites is 1. The van der Waals surface area contributed by atoms with Gasteiger partial charge in [-0.15, -0.1) is 0 Å². The Morgan fingerprint density at radius 2 is 1.93 bits per heavy atom. The maximum absolute atomic E-state index is 12.9. The Labute approximate surface area is 161 Å². The molecule has 1 amide bonds. The Balaban J connectivity index is 1.57. The molecule has 0 spiro atoms. The summed E-state index contributed by atoms with van der Waals surface area (Å²) in [6, 6.07) is 13.5. The van der Waals surface area contributed by atoms with Gasteiger partial charge in [-0.1, -0.05) is 24.3 Å². The normalized spacial score (nSPS) is 10.8. The van der Waals surface area contributed by atoms with Crippen molar-refractivity contribution in [1.82, 2.24) is 34.8 Å². The number of benzene rings is 1. The van der Waals surface area contributed by atoms with Crippen LogP contribution in [0.3, 0.4) is 0 Å². The van der Waals surface area contributed by atoms with Crippen LogP contribution >= 0.6 is 0 Å². The molecule has 0 unspecified atom stereocenters. The van der Waals surface area contributed by atoms with E-state index in [0.29, 0.717) is 23.6 Å². The van der Waals surface area contributed by atoms with Gasteiger partial charge in [0, 0.05) is 18.3 Å². The minimum absolute atomic E-state index is 0.175. The van der Waals surface area contributed by atoms with Crippen LogP contribution in [0.2, 0.25) is 0 Å². The van der Waals surface area contributed by atoms with Crippen LogP contribution in [0.15, 0.2) is 61.3 Å². The van der Waals surface area contributed by atoms with E-state index >= 15 is 0 Å². The van der Waals surface area contributed by atoms with E-state index < -0.39 is 0 Å². The number of hydrogen-bond acceptors (Lipinski definition) is 5.